The number of hydrogen-bond donors (Lipinski definition) is 1. The molecule has 7 heavy (non-hydrogen) atoms. The van der Waals surface area contributed by atoms with Crippen molar-refractivity contribution in [3.63, 3.8) is 0 Å². The van der Waals surface area contributed by atoms with Crippen LogP contribution in [0.4, 0.5) is 4.48 Å². The first-order chi connectivity index (χ1) is 3.31. The molecule has 0 amide bonds. The zero-order valence-electron chi connectivity index (χ0n) is 4.52. The molecule has 0 atom stereocenters. The van der Waals surface area contributed by atoms with E-state index in [2.05, 4.69) is 0 Å². The number of rotatable bonds is 3. The Morgan fingerprint density at radius 1 is 1.71 bits per heavy atom. The van der Waals surface area contributed by atoms with Gasteiger partial charge in [0.25, 0.3) is 0 Å². The van der Waals surface area contributed by atoms with Crippen LogP contribution in [0.3, 0.4) is 0 Å². The van der Waals surface area contributed by atoms with Crippen LogP contribution in [0.5, 0.6) is 0 Å². The van der Waals surface area contributed by atoms with Crippen LogP contribution in [0, 0.1) is 0 Å². The average Bonchev–Trinajstić information content (AvgIpc) is 1.68. The quantitative estimate of drug-likeness (QED) is 0.519. The minimum atomic E-state index is 0.344. The molecule has 0 bridgehead atoms. The van der Waals surface area contributed by atoms with Gasteiger partial charge in [0, 0.05) is 19.6 Å². The van der Waals surface area contributed by atoms with E-state index in [0.29, 0.717) is 24.8 Å². The van der Waals surface area contributed by atoms with E-state index in [1.165, 1.54) is 0 Å². The van der Waals surface area contributed by atoms with Gasteiger partial charge in [0.1, 0.15) is 0 Å². The van der Waals surface area contributed by atoms with E-state index in [4.69, 9.17) is 5.73 Å². The van der Waals surface area contributed by atoms with E-state index < -0.39 is 0 Å². The Morgan fingerprint density at radius 2 is 2.29 bits per heavy atom. The SMILES string of the molecule is CCN(F)CCN. The van der Waals surface area contributed by atoms with Crippen molar-refractivity contribution in [3.05, 3.63) is 0 Å². The molecule has 2 nitrogen and oxygen atoms in total. The fourth-order valence-corrected chi connectivity index (χ4v) is 0.298. The Kier molecular flexibility index (Phi) is 3.93. The molecule has 0 heterocycles. The molecule has 0 fully saturated rings. The molecular formula is C4H11FN2. The van der Waals surface area contributed by atoms with Crippen molar-refractivity contribution in [2.24, 2.45) is 5.73 Å². The summed E-state index contributed by atoms with van der Waals surface area (Å²) in [5.74, 6) is 0. The van der Waals surface area contributed by atoms with Crippen LogP contribution in [0.25, 0.3) is 0 Å². The Morgan fingerprint density at radius 3 is 2.43 bits per heavy atom. The maximum atomic E-state index is 11.9. The van der Waals surface area contributed by atoms with Gasteiger partial charge in [0.15, 0.2) is 0 Å². The number of likely N-dealkylation sites (N-methyl/N-ethyl adjacent to an activating group) is 1. The summed E-state index contributed by atoms with van der Waals surface area (Å²) in [6, 6.07) is 0. The molecule has 2 N–H and O–H groups in total. The van der Waals surface area contributed by atoms with E-state index in [1.807, 2.05) is 0 Å². The largest absolute Gasteiger partial charge is 0.329 e. The van der Waals surface area contributed by atoms with E-state index in [-0.39, 0.29) is 0 Å². The topological polar surface area (TPSA) is 29.3 Å². The molecule has 0 aliphatic carbocycles. The molecular weight excluding hydrogens is 95.1 g/mol. The Hall–Kier alpha value is -0.150. The predicted molar refractivity (Wildman–Crippen MR) is 27.4 cm³/mol. The fourth-order valence-electron chi connectivity index (χ4n) is 0.298. The van der Waals surface area contributed by atoms with E-state index in [0.717, 1.165) is 0 Å². The van der Waals surface area contributed by atoms with Crippen molar-refractivity contribution in [2.75, 3.05) is 19.6 Å². The molecule has 0 saturated carbocycles. The highest BCUT2D eigenvalue weighted by Crippen LogP contribution is 1.82. The molecule has 0 rings (SSSR count). The zero-order chi connectivity index (χ0) is 5.70. The summed E-state index contributed by atoms with van der Waals surface area (Å²) in [5.41, 5.74) is 5.02. The van der Waals surface area contributed by atoms with Crippen molar-refractivity contribution in [1.29, 1.82) is 0 Å². The average molecular weight is 106 g/mol. The lowest BCUT2D eigenvalue weighted by Crippen LogP contribution is -2.21. The lowest BCUT2D eigenvalue weighted by molar-refractivity contribution is 0.0361. The van der Waals surface area contributed by atoms with E-state index >= 15 is 0 Å². The highest BCUT2D eigenvalue weighted by Gasteiger charge is 1.92. The molecule has 3 heteroatoms. The molecule has 0 aliphatic rings. The number of nitrogens with two attached hydrogens (primary N) is 1. The Bertz CT molecular complexity index is 40.7. The lowest BCUT2D eigenvalue weighted by Gasteiger charge is -2.03. The van der Waals surface area contributed by atoms with Gasteiger partial charge in [-0.3, -0.25) is 0 Å². The van der Waals surface area contributed by atoms with E-state index in [9.17, 15) is 4.48 Å². The summed E-state index contributed by atoms with van der Waals surface area (Å²) < 4.78 is 11.9. The number of hydrogen-bond acceptors (Lipinski definition) is 2. The summed E-state index contributed by atoms with van der Waals surface area (Å²) in [4.78, 5) is 0. The predicted octanol–water partition coefficient (Wildman–Crippen LogP) is 0.152. The van der Waals surface area contributed by atoms with Crippen molar-refractivity contribution in [2.45, 2.75) is 6.92 Å². The number of nitrogens with zero attached hydrogens (tertiary/aromatic N) is 1. The van der Waals surface area contributed by atoms with Crippen LogP contribution in [-0.4, -0.2) is 24.8 Å². The molecule has 0 aromatic heterocycles. The maximum Gasteiger partial charge on any atom is 0.0413 e. The second-order valence-corrected chi connectivity index (χ2v) is 1.29. The first kappa shape index (κ1) is 6.85. The lowest BCUT2D eigenvalue weighted by atomic mass is 10.6. The molecule has 0 aromatic rings. The first-order valence-electron chi connectivity index (χ1n) is 2.42. The summed E-state index contributed by atoms with van der Waals surface area (Å²) in [6.07, 6.45) is 0. The molecule has 0 aromatic carbocycles. The molecule has 0 radical (unpaired) electrons. The summed E-state index contributed by atoms with van der Waals surface area (Å²) in [7, 11) is 0. The molecule has 0 aliphatic heterocycles. The first-order valence-corrected chi connectivity index (χ1v) is 2.42. The van der Waals surface area contributed by atoms with Gasteiger partial charge in [-0.1, -0.05) is 0 Å². The second-order valence-electron chi connectivity index (χ2n) is 1.29. The van der Waals surface area contributed by atoms with Crippen LogP contribution in [0.1, 0.15) is 6.92 Å². The summed E-state index contributed by atoms with van der Waals surface area (Å²) >= 11 is 0. The van der Waals surface area contributed by atoms with Crippen molar-refractivity contribution in [1.82, 2.24) is 5.12 Å². The van der Waals surface area contributed by atoms with Gasteiger partial charge in [-0.25, -0.2) is 0 Å². The third-order valence-corrected chi connectivity index (χ3v) is 0.715. The van der Waals surface area contributed by atoms with E-state index in [1.54, 1.807) is 6.92 Å². The maximum absolute atomic E-state index is 11.9. The van der Waals surface area contributed by atoms with Gasteiger partial charge in [-0.2, -0.15) is 0 Å². The van der Waals surface area contributed by atoms with Crippen molar-refractivity contribution >= 4 is 0 Å². The molecule has 0 saturated heterocycles. The highest BCUT2D eigenvalue weighted by atomic mass is 19.2. The smallest absolute Gasteiger partial charge is 0.0413 e. The van der Waals surface area contributed by atoms with Crippen LogP contribution in [0.15, 0.2) is 0 Å². The van der Waals surface area contributed by atoms with Crippen LogP contribution < -0.4 is 5.73 Å². The standard InChI is InChI=1S/C4H11FN2/c1-2-7(5)4-3-6/h2-4,6H2,1H3. The third-order valence-electron chi connectivity index (χ3n) is 0.715. The highest BCUT2D eigenvalue weighted by molar-refractivity contribution is 4.38. The van der Waals surface area contributed by atoms with Crippen molar-refractivity contribution in [3.8, 4) is 0 Å². The van der Waals surface area contributed by atoms with Gasteiger partial charge < -0.3 is 5.73 Å². The third kappa shape index (κ3) is 3.69. The van der Waals surface area contributed by atoms with Crippen LogP contribution >= 0.6 is 0 Å². The fraction of sp³-hybridized carbons (Fsp3) is 1.00. The summed E-state index contributed by atoms with van der Waals surface area (Å²) in [6.45, 7) is 2.91. The minimum Gasteiger partial charge on any atom is -0.329 e. The summed E-state index contributed by atoms with van der Waals surface area (Å²) in [5, 5.41) is 0.681. The van der Waals surface area contributed by atoms with Crippen molar-refractivity contribution < 1.29 is 4.48 Å². The number of halogens is 1. The zero-order valence-corrected chi connectivity index (χ0v) is 4.52. The van der Waals surface area contributed by atoms with Gasteiger partial charge in [-0.05, 0) is 6.92 Å². The molecule has 0 spiro atoms. The van der Waals surface area contributed by atoms with Crippen LogP contribution in [0.2, 0.25) is 0 Å². The second kappa shape index (κ2) is 4.02. The Balaban J connectivity index is 2.83. The molecule has 44 valence electrons. The minimum absolute atomic E-state index is 0.344. The van der Waals surface area contributed by atoms with Gasteiger partial charge in [0.05, 0.1) is 0 Å². The monoisotopic (exact) mass is 106 g/mol. The molecule has 0 unspecified atom stereocenters. The van der Waals surface area contributed by atoms with Crippen LogP contribution in [-0.2, 0) is 0 Å². The van der Waals surface area contributed by atoms with Gasteiger partial charge >= 0.3 is 0 Å². The Labute approximate surface area is 43.0 Å². The van der Waals surface area contributed by atoms with Gasteiger partial charge in [0.2, 0.25) is 0 Å². The normalized spacial score (nSPS) is 10.3. The van der Waals surface area contributed by atoms with Gasteiger partial charge in [-0.15, -0.1) is 9.60 Å².